The Bertz CT molecular complexity index is 830. The number of piperazine rings is 1. The summed E-state index contributed by atoms with van der Waals surface area (Å²) >= 11 is 0. The maximum Gasteiger partial charge on any atom is 0.254 e. The molecule has 0 aliphatic carbocycles. The van der Waals surface area contributed by atoms with Crippen LogP contribution in [0.25, 0.3) is 0 Å². The second-order valence-electron chi connectivity index (χ2n) is 6.89. The Morgan fingerprint density at radius 3 is 2.69 bits per heavy atom. The molecule has 4 rings (SSSR count). The number of fused-ring (bicyclic) bond motifs is 1. The lowest BCUT2D eigenvalue weighted by molar-refractivity contribution is -0.119. The van der Waals surface area contributed by atoms with E-state index in [-0.39, 0.29) is 5.91 Å². The number of anilines is 2. The Balaban J connectivity index is 1.58. The lowest BCUT2D eigenvalue weighted by Gasteiger charge is -2.32. The summed E-state index contributed by atoms with van der Waals surface area (Å²) in [7, 11) is 0. The number of hydrogen-bond donors (Lipinski definition) is 0. The summed E-state index contributed by atoms with van der Waals surface area (Å²) in [5, 5.41) is 0. The fourth-order valence-electron chi connectivity index (χ4n) is 3.81. The first-order chi connectivity index (χ1) is 12.7. The van der Waals surface area contributed by atoms with Gasteiger partial charge in [-0.2, -0.15) is 0 Å². The van der Waals surface area contributed by atoms with Crippen molar-refractivity contribution in [2.24, 2.45) is 0 Å². The molecule has 2 aliphatic rings. The number of para-hydroxylation sites is 1. The highest BCUT2D eigenvalue weighted by molar-refractivity contribution is 5.95. The molecular weight excluding hydrogens is 328 g/mol. The second-order valence-corrected chi connectivity index (χ2v) is 6.89. The number of carbonyl (C=O) groups is 2. The minimum absolute atomic E-state index is 0.000617. The molecule has 0 bridgehead atoms. The highest BCUT2D eigenvalue weighted by Crippen LogP contribution is 2.37. The van der Waals surface area contributed by atoms with Crippen molar-refractivity contribution in [1.29, 1.82) is 0 Å². The molecule has 0 N–H and O–H groups in total. The van der Waals surface area contributed by atoms with Gasteiger partial charge in [-0.15, -0.1) is 0 Å². The number of hydrogen-bond acceptors (Lipinski definition) is 4. The molecular formula is C20H22N4O2. The van der Waals surface area contributed by atoms with Gasteiger partial charge in [-0.3, -0.25) is 9.59 Å². The van der Waals surface area contributed by atoms with Gasteiger partial charge >= 0.3 is 0 Å². The molecule has 1 unspecified atom stereocenters. The Morgan fingerprint density at radius 1 is 1.15 bits per heavy atom. The molecule has 0 spiro atoms. The van der Waals surface area contributed by atoms with E-state index >= 15 is 0 Å². The second kappa shape index (κ2) is 6.78. The average molecular weight is 350 g/mol. The molecule has 2 amide bonds. The molecule has 134 valence electrons. The zero-order valence-corrected chi connectivity index (χ0v) is 14.8. The van der Waals surface area contributed by atoms with E-state index in [1.807, 2.05) is 12.1 Å². The van der Waals surface area contributed by atoms with Crippen LogP contribution in [0.15, 0.2) is 42.6 Å². The first-order valence-electron chi connectivity index (χ1n) is 8.99. The summed E-state index contributed by atoms with van der Waals surface area (Å²) < 4.78 is 0. The summed E-state index contributed by atoms with van der Waals surface area (Å²) in [5.74, 6) is 0.805. The minimum atomic E-state index is -0.000617. The molecule has 1 fully saturated rings. The molecule has 3 heterocycles. The lowest BCUT2D eigenvalue weighted by atomic mass is 10.1. The monoisotopic (exact) mass is 350 g/mol. The van der Waals surface area contributed by atoms with Gasteiger partial charge in [-0.05, 0) is 37.1 Å². The smallest absolute Gasteiger partial charge is 0.254 e. The van der Waals surface area contributed by atoms with Gasteiger partial charge in [0.1, 0.15) is 5.82 Å². The number of carbonyl (C=O) groups excluding carboxylic acids is 2. The molecule has 1 aromatic carbocycles. The lowest BCUT2D eigenvalue weighted by Crippen LogP contribution is -2.48. The summed E-state index contributed by atoms with van der Waals surface area (Å²) in [6.07, 6.45) is 3.53. The third kappa shape index (κ3) is 2.92. The highest BCUT2D eigenvalue weighted by atomic mass is 16.2. The Hall–Kier alpha value is -2.89. The van der Waals surface area contributed by atoms with Gasteiger partial charge in [0.2, 0.25) is 6.41 Å². The van der Waals surface area contributed by atoms with Gasteiger partial charge in [-0.25, -0.2) is 4.98 Å². The first kappa shape index (κ1) is 16.6. The zero-order chi connectivity index (χ0) is 18.1. The van der Waals surface area contributed by atoms with Crippen LogP contribution in [0.3, 0.4) is 0 Å². The van der Waals surface area contributed by atoms with Gasteiger partial charge in [0, 0.05) is 49.7 Å². The maximum absolute atomic E-state index is 12.9. The maximum atomic E-state index is 12.9. The predicted molar refractivity (Wildman–Crippen MR) is 99.5 cm³/mol. The predicted octanol–water partition coefficient (Wildman–Crippen LogP) is 2.08. The standard InChI is InChI=1S/C20H22N4O2/c1-15-12-16-4-2-3-5-18(16)24(15)19-13-17(6-7-21-19)20(26)23-10-8-22(14-25)9-11-23/h2-7,13-15H,8-12H2,1H3. The van der Waals surface area contributed by atoms with Gasteiger partial charge in [0.15, 0.2) is 0 Å². The minimum Gasteiger partial charge on any atom is -0.342 e. The van der Waals surface area contributed by atoms with Gasteiger partial charge in [0.25, 0.3) is 5.91 Å². The van der Waals surface area contributed by atoms with Crippen molar-refractivity contribution >= 4 is 23.8 Å². The van der Waals surface area contributed by atoms with E-state index in [2.05, 4.69) is 35.0 Å². The molecule has 1 aromatic heterocycles. The van der Waals surface area contributed by atoms with Crippen molar-refractivity contribution in [2.45, 2.75) is 19.4 Å². The number of amides is 2. The van der Waals surface area contributed by atoms with Crippen molar-refractivity contribution in [3.8, 4) is 0 Å². The van der Waals surface area contributed by atoms with Crippen molar-refractivity contribution in [3.63, 3.8) is 0 Å². The largest absolute Gasteiger partial charge is 0.342 e. The summed E-state index contributed by atoms with van der Waals surface area (Å²) in [6, 6.07) is 12.3. The van der Waals surface area contributed by atoms with E-state index in [1.165, 1.54) is 5.56 Å². The van der Waals surface area contributed by atoms with E-state index < -0.39 is 0 Å². The molecule has 1 saturated heterocycles. The molecule has 6 heteroatoms. The van der Waals surface area contributed by atoms with Gasteiger partial charge < -0.3 is 14.7 Å². The number of rotatable bonds is 3. The molecule has 0 saturated carbocycles. The quantitative estimate of drug-likeness (QED) is 0.796. The third-order valence-corrected chi connectivity index (χ3v) is 5.20. The first-order valence-corrected chi connectivity index (χ1v) is 8.99. The van der Waals surface area contributed by atoms with Crippen LogP contribution in [0.2, 0.25) is 0 Å². The normalized spacial score (nSPS) is 19.4. The Morgan fingerprint density at radius 2 is 1.92 bits per heavy atom. The third-order valence-electron chi connectivity index (χ3n) is 5.20. The molecule has 26 heavy (non-hydrogen) atoms. The average Bonchev–Trinajstić information content (AvgIpc) is 3.03. The van der Waals surface area contributed by atoms with Crippen molar-refractivity contribution in [3.05, 3.63) is 53.7 Å². The van der Waals surface area contributed by atoms with Crippen LogP contribution in [-0.4, -0.2) is 59.3 Å². The van der Waals surface area contributed by atoms with Crippen LogP contribution in [-0.2, 0) is 11.2 Å². The van der Waals surface area contributed by atoms with Crippen molar-refractivity contribution < 1.29 is 9.59 Å². The summed E-state index contributed by atoms with van der Waals surface area (Å²) in [4.78, 5) is 33.9. The van der Waals surface area contributed by atoms with E-state index in [4.69, 9.17) is 0 Å². The van der Waals surface area contributed by atoms with E-state index in [0.29, 0.717) is 37.8 Å². The van der Waals surface area contributed by atoms with Crippen LogP contribution in [0.4, 0.5) is 11.5 Å². The van der Waals surface area contributed by atoms with E-state index in [9.17, 15) is 9.59 Å². The zero-order valence-electron chi connectivity index (χ0n) is 14.8. The molecule has 6 nitrogen and oxygen atoms in total. The number of benzene rings is 1. The van der Waals surface area contributed by atoms with Crippen LogP contribution in [0.5, 0.6) is 0 Å². The SMILES string of the molecule is CC1Cc2ccccc2N1c1cc(C(=O)N2CCN(C=O)CC2)ccn1. The summed E-state index contributed by atoms with van der Waals surface area (Å²) in [6.45, 7) is 4.48. The Labute approximate surface area is 153 Å². The van der Waals surface area contributed by atoms with Gasteiger partial charge in [-0.1, -0.05) is 18.2 Å². The van der Waals surface area contributed by atoms with Crippen molar-refractivity contribution in [1.82, 2.24) is 14.8 Å². The Kier molecular flexibility index (Phi) is 4.32. The highest BCUT2D eigenvalue weighted by Gasteiger charge is 2.28. The number of pyridine rings is 1. The van der Waals surface area contributed by atoms with Gasteiger partial charge in [0.05, 0.1) is 0 Å². The van der Waals surface area contributed by atoms with Crippen LogP contribution in [0.1, 0.15) is 22.8 Å². The van der Waals surface area contributed by atoms with E-state index in [1.54, 1.807) is 22.1 Å². The molecule has 1 atom stereocenters. The van der Waals surface area contributed by atoms with Crippen LogP contribution in [0, 0.1) is 0 Å². The van der Waals surface area contributed by atoms with Crippen LogP contribution < -0.4 is 4.90 Å². The number of nitrogens with zero attached hydrogens (tertiary/aromatic N) is 4. The molecule has 0 radical (unpaired) electrons. The topological polar surface area (TPSA) is 56.8 Å². The molecule has 2 aromatic rings. The van der Waals surface area contributed by atoms with Crippen LogP contribution >= 0.6 is 0 Å². The molecule has 2 aliphatic heterocycles. The fourth-order valence-corrected chi connectivity index (χ4v) is 3.81. The fraction of sp³-hybridized carbons (Fsp3) is 0.350. The number of aromatic nitrogens is 1. The summed E-state index contributed by atoms with van der Waals surface area (Å²) in [5.41, 5.74) is 3.12. The van der Waals surface area contributed by atoms with E-state index in [0.717, 1.165) is 24.3 Å². The van der Waals surface area contributed by atoms with Crippen molar-refractivity contribution in [2.75, 3.05) is 31.1 Å².